The first-order valence-corrected chi connectivity index (χ1v) is 21.3. The zero-order valence-corrected chi connectivity index (χ0v) is 36.1. The minimum absolute atomic E-state index is 0.0402. The SMILES string of the molecule is Cc1cc2cc(C)c1CC(O)CC(=O)Nc1ccc(S(=O)(=O)C3CC3)c(c1)CN(C)C(=O)[C@@H]2Nc1ccc2c(N(C(=O)OC(C)(C)C)C(=O)OC(C)(C)C)ncc(F)c2c1. The number of imide groups is 1. The predicted molar refractivity (Wildman–Crippen MR) is 225 cm³/mol. The third kappa shape index (κ3) is 9.87. The Labute approximate surface area is 349 Å². The number of hydrogen-bond acceptors (Lipinski definition) is 11. The van der Waals surface area contributed by atoms with Crippen LogP contribution in [0.1, 0.15) is 94.7 Å². The summed E-state index contributed by atoms with van der Waals surface area (Å²) in [5.41, 5.74) is 1.74. The number of pyridine rings is 1. The number of nitrogens with one attached hydrogen (secondary N) is 2. The van der Waals surface area contributed by atoms with Crippen LogP contribution >= 0.6 is 0 Å². The molecule has 3 aliphatic rings. The number of aryl methyl sites for hydroxylation is 2. The van der Waals surface area contributed by atoms with Crippen LogP contribution in [0, 0.1) is 19.7 Å². The quantitative estimate of drug-likeness (QED) is 0.179. The summed E-state index contributed by atoms with van der Waals surface area (Å²) in [6.45, 7) is 13.3. The lowest BCUT2D eigenvalue weighted by atomic mass is 9.91. The van der Waals surface area contributed by atoms with Gasteiger partial charge in [0.05, 0.1) is 28.9 Å². The van der Waals surface area contributed by atoms with Gasteiger partial charge in [-0.1, -0.05) is 12.1 Å². The van der Waals surface area contributed by atoms with Gasteiger partial charge in [-0.25, -0.2) is 27.4 Å². The lowest BCUT2D eigenvalue weighted by Gasteiger charge is -2.29. The van der Waals surface area contributed by atoms with Crippen LogP contribution in [0.3, 0.4) is 0 Å². The van der Waals surface area contributed by atoms with Gasteiger partial charge in [0, 0.05) is 35.7 Å². The molecule has 14 nitrogen and oxygen atoms in total. The van der Waals surface area contributed by atoms with E-state index in [1.165, 1.54) is 35.2 Å². The minimum Gasteiger partial charge on any atom is -0.443 e. The van der Waals surface area contributed by atoms with Gasteiger partial charge in [0.1, 0.15) is 23.1 Å². The first-order valence-electron chi connectivity index (χ1n) is 19.7. The van der Waals surface area contributed by atoms with Gasteiger partial charge in [0.25, 0.3) is 0 Å². The van der Waals surface area contributed by atoms with E-state index < -0.39 is 68.3 Å². The first kappa shape index (κ1) is 44.0. The van der Waals surface area contributed by atoms with Crippen LogP contribution < -0.4 is 15.5 Å². The average Bonchev–Trinajstić information content (AvgIpc) is 3.98. The number of sulfone groups is 1. The second-order valence-corrected chi connectivity index (χ2v) is 19.8. The van der Waals surface area contributed by atoms with Crippen molar-refractivity contribution in [2.45, 2.75) is 121 Å². The summed E-state index contributed by atoms with van der Waals surface area (Å²) in [6, 6.07) is 11.4. The monoisotopic (exact) mass is 845 g/mol. The fraction of sp³-hybridized carbons (Fsp3) is 0.432. The molecule has 0 radical (unpaired) electrons. The number of aromatic nitrogens is 1. The molecule has 3 N–H and O–H groups in total. The molecule has 320 valence electrons. The molecule has 7 rings (SSSR count). The Morgan fingerprint density at radius 1 is 0.917 bits per heavy atom. The van der Waals surface area contributed by atoms with Crippen LogP contribution in [0.2, 0.25) is 0 Å². The summed E-state index contributed by atoms with van der Waals surface area (Å²) in [7, 11) is -2.18. The number of likely N-dealkylation sites (N-methyl/N-ethyl adjacent to an activating group) is 1. The maximum absolute atomic E-state index is 15.8. The summed E-state index contributed by atoms with van der Waals surface area (Å²) in [4.78, 5) is 61.0. The number of fused-ring (bicyclic) bond motifs is 10. The zero-order chi connectivity index (χ0) is 44.1. The standard InChI is InChI=1S/C44H52FN5O9S/c1-24-16-26-17-25(2)33(24)20-30(51)21-37(52)47-28-11-15-36(60(56,57)31-12-13-31)27(18-28)23-49(9)40(53)38(26)48-29-10-14-32-34(19-29)35(45)22-46-39(32)50(41(54)58-43(3,4)5)42(55)59-44(6,7)8/h10-11,14-19,22,30-31,38,48,51H,12-13,20-21,23H2,1-9H3,(H,47,52)/t30?,38-/m1/s1. The molecule has 0 saturated heterocycles. The van der Waals surface area contributed by atoms with E-state index in [1.54, 1.807) is 66.8 Å². The number of rotatable bonds is 5. The van der Waals surface area contributed by atoms with Crippen molar-refractivity contribution in [1.29, 1.82) is 0 Å². The van der Waals surface area contributed by atoms with E-state index in [0.29, 0.717) is 34.6 Å². The highest BCUT2D eigenvalue weighted by Crippen LogP contribution is 2.37. The largest absolute Gasteiger partial charge is 0.443 e. The first-order chi connectivity index (χ1) is 27.9. The molecule has 1 saturated carbocycles. The van der Waals surface area contributed by atoms with Crippen molar-refractivity contribution in [2.24, 2.45) is 0 Å². The lowest BCUT2D eigenvalue weighted by Crippen LogP contribution is -2.44. The van der Waals surface area contributed by atoms with E-state index in [1.807, 2.05) is 13.8 Å². The van der Waals surface area contributed by atoms with E-state index in [0.717, 1.165) is 22.9 Å². The summed E-state index contributed by atoms with van der Waals surface area (Å²) in [5.74, 6) is -1.93. The Morgan fingerprint density at radius 3 is 2.12 bits per heavy atom. The number of ether oxygens (including phenoxy) is 2. The summed E-state index contributed by atoms with van der Waals surface area (Å²) in [5, 5.41) is 16.5. The highest BCUT2D eigenvalue weighted by Gasteiger charge is 2.39. The van der Waals surface area contributed by atoms with Gasteiger partial charge in [-0.15, -0.1) is 0 Å². The van der Waals surface area contributed by atoms with Crippen LogP contribution in [0.5, 0.6) is 0 Å². The van der Waals surface area contributed by atoms with E-state index in [9.17, 15) is 32.7 Å². The summed E-state index contributed by atoms with van der Waals surface area (Å²) < 4.78 is 54.0. The number of amides is 4. The fourth-order valence-electron chi connectivity index (χ4n) is 7.20. The maximum Gasteiger partial charge on any atom is 0.425 e. The summed E-state index contributed by atoms with van der Waals surface area (Å²) >= 11 is 0. The Kier molecular flexibility index (Phi) is 12.0. The number of carbonyl (C=O) groups is 4. The van der Waals surface area contributed by atoms with Gasteiger partial charge in [-0.3, -0.25) is 9.59 Å². The molecular weight excluding hydrogens is 794 g/mol. The van der Waals surface area contributed by atoms with E-state index >= 15 is 4.39 Å². The highest BCUT2D eigenvalue weighted by molar-refractivity contribution is 7.92. The van der Waals surface area contributed by atoms with Gasteiger partial charge in [-0.2, -0.15) is 4.90 Å². The molecule has 4 bridgehead atoms. The van der Waals surface area contributed by atoms with Crippen LogP contribution in [0.4, 0.5) is 31.2 Å². The molecule has 60 heavy (non-hydrogen) atoms. The van der Waals surface area contributed by atoms with Crippen molar-refractivity contribution in [2.75, 3.05) is 22.6 Å². The Morgan fingerprint density at radius 2 is 1.53 bits per heavy atom. The molecular formula is C44H52FN5O9S. The summed E-state index contributed by atoms with van der Waals surface area (Å²) in [6.07, 6.45) is -1.32. The van der Waals surface area contributed by atoms with Crippen LogP contribution in [0.25, 0.3) is 10.8 Å². The Hall–Kier alpha value is -5.61. The van der Waals surface area contributed by atoms with Gasteiger partial charge < -0.3 is 30.1 Å². The van der Waals surface area contributed by atoms with Gasteiger partial charge >= 0.3 is 12.2 Å². The van der Waals surface area contributed by atoms with Crippen molar-refractivity contribution in [3.05, 3.63) is 88.4 Å². The van der Waals surface area contributed by atoms with Gasteiger partial charge in [0.15, 0.2) is 15.7 Å². The molecule has 2 atom stereocenters. The van der Waals surface area contributed by atoms with Crippen molar-refractivity contribution >= 4 is 61.8 Å². The molecule has 1 unspecified atom stereocenters. The van der Waals surface area contributed by atoms with Crippen LogP contribution in [-0.2, 0) is 41.9 Å². The van der Waals surface area contributed by atoms with Crippen LogP contribution in [0.15, 0.2) is 59.6 Å². The zero-order valence-electron chi connectivity index (χ0n) is 35.3. The molecule has 2 aliphatic heterocycles. The second-order valence-electron chi connectivity index (χ2n) is 17.6. The number of carbonyl (C=O) groups excluding carboxylic acids is 4. The number of hydrogen-bond donors (Lipinski definition) is 3. The van der Waals surface area contributed by atoms with Crippen LogP contribution in [-0.4, -0.2) is 77.0 Å². The number of anilines is 3. The number of halogens is 1. The van der Waals surface area contributed by atoms with Gasteiger partial charge in [-0.05, 0) is 139 Å². The predicted octanol–water partition coefficient (Wildman–Crippen LogP) is 7.66. The second kappa shape index (κ2) is 16.4. The molecule has 1 aromatic heterocycles. The average molecular weight is 846 g/mol. The number of nitrogens with zero attached hydrogens (tertiary/aromatic N) is 3. The molecule has 1 fully saturated rings. The molecule has 4 amide bonds. The molecule has 3 aromatic carbocycles. The molecule has 1 aliphatic carbocycles. The molecule has 0 spiro atoms. The molecule has 16 heteroatoms. The van der Waals surface area contributed by atoms with Crippen molar-refractivity contribution in [3.8, 4) is 0 Å². The fourth-order valence-corrected chi connectivity index (χ4v) is 9.06. The van der Waals surface area contributed by atoms with E-state index in [2.05, 4.69) is 15.6 Å². The number of aliphatic hydroxyl groups excluding tert-OH is 1. The molecule has 4 aromatic rings. The molecule has 3 heterocycles. The Balaban J connectivity index is 1.45. The minimum atomic E-state index is -3.73. The van der Waals surface area contributed by atoms with Crippen molar-refractivity contribution in [3.63, 3.8) is 0 Å². The topological polar surface area (TPSA) is 185 Å². The van der Waals surface area contributed by atoms with Crippen molar-refractivity contribution in [1.82, 2.24) is 9.88 Å². The lowest BCUT2D eigenvalue weighted by molar-refractivity contribution is -0.131. The van der Waals surface area contributed by atoms with Crippen molar-refractivity contribution < 1.29 is 46.6 Å². The number of benzene rings is 3. The highest BCUT2D eigenvalue weighted by atomic mass is 32.2. The smallest absolute Gasteiger partial charge is 0.425 e. The van der Waals surface area contributed by atoms with E-state index in [-0.39, 0.29) is 46.6 Å². The Bertz CT molecular complexity index is 2440. The number of aliphatic hydroxyl groups is 1. The third-order valence-corrected chi connectivity index (χ3v) is 12.4. The van der Waals surface area contributed by atoms with E-state index in [4.69, 9.17) is 9.47 Å². The maximum atomic E-state index is 15.8. The normalized spacial score (nSPS) is 17.9. The van der Waals surface area contributed by atoms with Gasteiger partial charge in [0.2, 0.25) is 11.8 Å². The third-order valence-electron chi connectivity index (χ3n) is 10.1.